The predicted molar refractivity (Wildman–Crippen MR) is 72.9 cm³/mol. The van der Waals surface area contributed by atoms with Crippen molar-refractivity contribution in [1.82, 2.24) is 0 Å². The van der Waals surface area contributed by atoms with E-state index in [0.29, 0.717) is 0 Å². The van der Waals surface area contributed by atoms with Gasteiger partial charge in [0.15, 0.2) is 15.6 Å². The lowest BCUT2D eigenvalue weighted by Crippen LogP contribution is -2.11. The molecular formula is C12H10N2O6S. The maximum absolute atomic E-state index is 11.8. The lowest BCUT2D eigenvalue weighted by atomic mass is 10.3. The number of anilines is 1. The number of sulfone groups is 1. The number of benzene rings is 1. The van der Waals surface area contributed by atoms with Crippen LogP contribution in [0.4, 0.5) is 11.6 Å². The largest absolute Gasteiger partial charge is 0.433 e. The van der Waals surface area contributed by atoms with Gasteiger partial charge >= 0.3 is 5.88 Å². The van der Waals surface area contributed by atoms with E-state index in [-0.39, 0.29) is 16.3 Å². The van der Waals surface area contributed by atoms with Gasteiger partial charge in [0.1, 0.15) is 4.92 Å². The molecule has 1 amide bonds. The van der Waals surface area contributed by atoms with Crippen molar-refractivity contribution in [3.63, 3.8) is 0 Å². The summed E-state index contributed by atoms with van der Waals surface area (Å²) in [4.78, 5) is 21.6. The number of furan rings is 1. The van der Waals surface area contributed by atoms with E-state index in [0.717, 1.165) is 18.4 Å². The van der Waals surface area contributed by atoms with Crippen LogP contribution in [0.5, 0.6) is 0 Å². The molecule has 0 aliphatic rings. The molecule has 0 fully saturated rings. The smallest absolute Gasteiger partial charge is 0.395 e. The Morgan fingerprint density at radius 1 is 1.29 bits per heavy atom. The van der Waals surface area contributed by atoms with Gasteiger partial charge in [0.25, 0.3) is 5.91 Å². The summed E-state index contributed by atoms with van der Waals surface area (Å²) >= 11 is 0. The Balaban J connectivity index is 2.21. The van der Waals surface area contributed by atoms with Crippen LogP contribution >= 0.6 is 0 Å². The minimum absolute atomic E-state index is 0.0470. The highest BCUT2D eigenvalue weighted by Gasteiger charge is 2.17. The Bertz CT molecular complexity index is 809. The number of nitro groups is 1. The zero-order chi connectivity index (χ0) is 15.6. The molecule has 9 heteroatoms. The van der Waals surface area contributed by atoms with Crippen molar-refractivity contribution in [3.05, 3.63) is 52.3 Å². The third kappa shape index (κ3) is 3.45. The molecule has 1 N–H and O–H groups in total. The number of nitrogens with one attached hydrogen (secondary N) is 1. The van der Waals surface area contributed by atoms with Gasteiger partial charge < -0.3 is 9.73 Å². The molecular weight excluding hydrogens is 300 g/mol. The maximum Gasteiger partial charge on any atom is 0.433 e. The molecule has 0 bridgehead atoms. The second-order valence-corrected chi connectivity index (χ2v) is 6.16. The molecule has 1 aromatic heterocycles. The highest BCUT2D eigenvalue weighted by Crippen LogP contribution is 2.19. The molecule has 1 heterocycles. The van der Waals surface area contributed by atoms with E-state index < -0.39 is 26.6 Å². The second kappa shape index (κ2) is 5.37. The summed E-state index contributed by atoms with van der Waals surface area (Å²) < 4.78 is 27.6. The van der Waals surface area contributed by atoms with Gasteiger partial charge in [0.05, 0.1) is 11.0 Å². The molecule has 0 aliphatic carbocycles. The van der Waals surface area contributed by atoms with Crippen molar-refractivity contribution in [2.45, 2.75) is 4.90 Å². The first-order valence-corrected chi connectivity index (χ1v) is 7.52. The summed E-state index contributed by atoms with van der Waals surface area (Å²) in [6.45, 7) is 0. The lowest BCUT2D eigenvalue weighted by Gasteiger charge is -2.04. The molecule has 0 aliphatic heterocycles. The van der Waals surface area contributed by atoms with E-state index in [1.54, 1.807) is 0 Å². The summed E-state index contributed by atoms with van der Waals surface area (Å²) in [6.07, 6.45) is 1.05. The molecule has 0 unspecified atom stereocenters. The summed E-state index contributed by atoms with van der Waals surface area (Å²) in [5.74, 6) is -1.51. The van der Waals surface area contributed by atoms with Gasteiger partial charge in [-0.2, -0.15) is 0 Å². The molecule has 110 valence electrons. The van der Waals surface area contributed by atoms with E-state index in [1.807, 2.05) is 0 Å². The van der Waals surface area contributed by atoms with Crippen molar-refractivity contribution < 1.29 is 22.6 Å². The number of hydrogen-bond donors (Lipinski definition) is 1. The fourth-order valence-electron chi connectivity index (χ4n) is 1.55. The highest BCUT2D eigenvalue weighted by molar-refractivity contribution is 7.90. The minimum atomic E-state index is -3.40. The predicted octanol–water partition coefficient (Wildman–Crippen LogP) is 1.84. The topological polar surface area (TPSA) is 120 Å². The first-order valence-electron chi connectivity index (χ1n) is 5.63. The first-order chi connectivity index (χ1) is 9.77. The van der Waals surface area contributed by atoms with Crippen molar-refractivity contribution in [2.24, 2.45) is 0 Å². The van der Waals surface area contributed by atoms with Crippen LogP contribution in [0, 0.1) is 10.1 Å². The summed E-state index contributed by atoms with van der Waals surface area (Å²) in [5.41, 5.74) is 0.238. The third-order valence-corrected chi connectivity index (χ3v) is 3.63. The monoisotopic (exact) mass is 310 g/mol. The Morgan fingerprint density at radius 3 is 2.57 bits per heavy atom. The van der Waals surface area contributed by atoms with Gasteiger partial charge in [-0.05, 0) is 24.3 Å². The van der Waals surface area contributed by atoms with Crippen LogP contribution in [-0.2, 0) is 9.84 Å². The summed E-state index contributed by atoms with van der Waals surface area (Å²) in [6, 6.07) is 7.85. The van der Waals surface area contributed by atoms with E-state index in [9.17, 15) is 23.3 Å². The number of hydrogen-bond acceptors (Lipinski definition) is 6. The fraction of sp³-hybridized carbons (Fsp3) is 0.0833. The molecule has 2 rings (SSSR count). The van der Waals surface area contributed by atoms with Crippen LogP contribution in [0.1, 0.15) is 10.6 Å². The molecule has 0 radical (unpaired) electrons. The number of carbonyl (C=O) groups excluding carboxylic acids is 1. The van der Waals surface area contributed by atoms with Gasteiger partial charge in [0, 0.05) is 11.9 Å². The van der Waals surface area contributed by atoms with Crippen molar-refractivity contribution in [2.75, 3.05) is 11.6 Å². The van der Waals surface area contributed by atoms with Crippen LogP contribution in [0.15, 0.2) is 45.7 Å². The average molecular weight is 310 g/mol. The Kier molecular flexibility index (Phi) is 3.76. The molecule has 21 heavy (non-hydrogen) atoms. The van der Waals surface area contributed by atoms with Crippen LogP contribution in [0.3, 0.4) is 0 Å². The van der Waals surface area contributed by atoms with E-state index in [1.165, 1.54) is 24.3 Å². The number of rotatable bonds is 4. The molecule has 0 saturated carbocycles. The maximum atomic E-state index is 11.8. The standard InChI is InChI=1S/C12H10N2O6S/c1-21(18,19)9-4-2-3-8(7-9)13-12(15)10-5-6-11(20-10)14(16)17/h2-7H,1H3,(H,13,15). The van der Waals surface area contributed by atoms with E-state index in [4.69, 9.17) is 4.42 Å². The van der Waals surface area contributed by atoms with E-state index in [2.05, 4.69) is 5.32 Å². The quantitative estimate of drug-likeness (QED) is 0.679. The second-order valence-electron chi connectivity index (χ2n) is 4.15. The number of amides is 1. The van der Waals surface area contributed by atoms with Crippen molar-refractivity contribution in [3.8, 4) is 0 Å². The van der Waals surface area contributed by atoms with Crippen LogP contribution in [0.25, 0.3) is 0 Å². The van der Waals surface area contributed by atoms with Gasteiger partial charge in [0.2, 0.25) is 0 Å². The third-order valence-electron chi connectivity index (χ3n) is 2.52. The minimum Gasteiger partial charge on any atom is -0.395 e. The summed E-state index contributed by atoms with van der Waals surface area (Å²) in [5, 5.41) is 12.9. The SMILES string of the molecule is CS(=O)(=O)c1cccc(NC(=O)c2ccc([N+](=O)[O-])o2)c1. The van der Waals surface area contributed by atoms with Gasteiger partial charge in [-0.25, -0.2) is 8.42 Å². The van der Waals surface area contributed by atoms with Gasteiger partial charge in [-0.3, -0.25) is 14.9 Å². The zero-order valence-electron chi connectivity index (χ0n) is 10.8. The fourth-order valence-corrected chi connectivity index (χ4v) is 2.21. The van der Waals surface area contributed by atoms with Crippen LogP contribution in [-0.4, -0.2) is 25.5 Å². The van der Waals surface area contributed by atoms with Gasteiger partial charge in [-0.1, -0.05) is 6.07 Å². The Labute approximate surface area is 119 Å². The molecule has 0 spiro atoms. The molecule has 2 aromatic rings. The van der Waals surface area contributed by atoms with Crippen LogP contribution in [0.2, 0.25) is 0 Å². The number of nitrogens with zero attached hydrogens (tertiary/aromatic N) is 1. The van der Waals surface area contributed by atoms with Crippen molar-refractivity contribution >= 4 is 27.3 Å². The Hall–Kier alpha value is -2.68. The lowest BCUT2D eigenvalue weighted by molar-refractivity contribution is -0.402. The molecule has 8 nitrogen and oxygen atoms in total. The summed E-state index contributed by atoms with van der Waals surface area (Å²) in [7, 11) is -3.40. The van der Waals surface area contributed by atoms with Crippen molar-refractivity contribution in [1.29, 1.82) is 0 Å². The highest BCUT2D eigenvalue weighted by atomic mass is 32.2. The van der Waals surface area contributed by atoms with Gasteiger partial charge in [-0.15, -0.1) is 0 Å². The normalized spacial score (nSPS) is 11.1. The molecule has 0 saturated heterocycles. The number of carbonyl (C=O) groups is 1. The average Bonchev–Trinajstić information content (AvgIpc) is 2.88. The zero-order valence-corrected chi connectivity index (χ0v) is 11.6. The molecule has 1 aromatic carbocycles. The Morgan fingerprint density at radius 2 is 2.00 bits per heavy atom. The first kappa shape index (κ1) is 14.7. The molecule has 0 atom stereocenters. The van der Waals surface area contributed by atoms with Crippen LogP contribution < -0.4 is 5.32 Å². The van der Waals surface area contributed by atoms with E-state index >= 15 is 0 Å².